The highest BCUT2D eigenvalue weighted by molar-refractivity contribution is 6.31. The Balaban J connectivity index is 2.35. The van der Waals surface area contributed by atoms with Gasteiger partial charge in [0.15, 0.2) is 0 Å². The van der Waals surface area contributed by atoms with Gasteiger partial charge in [-0.2, -0.15) is 0 Å². The van der Waals surface area contributed by atoms with E-state index >= 15 is 0 Å². The minimum absolute atomic E-state index is 0.00692. The summed E-state index contributed by atoms with van der Waals surface area (Å²) in [6.45, 7) is 0. The molecule has 0 aromatic heterocycles. The van der Waals surface area contributed by atoms with Crippen LogP contribution in [0, 0.1) is 0 Å². The number of nitrogens with one attached hydrogen (secondary N) is 1. The molecule has 0 aliphatic heterocycles. The largest absolute Gasteiger partial charge is 0.508 e. The van der Waals surface area contributed by atoms with E-state index in [4.69, 9.17) is 16.7 Å². The van der Waals surface area contributed by atoms with Gasteiger partial charge in [0.25, 0.3) is 5.91 Å². The Morgan fingerprint density at radius 1 is 1.00 bits per heavy atom. The molecule has 7 heteroatoms. The molecule has 21 heavy (non-hydrogen) atoms. The minimum Gasteiger partial charge on any atom is -0.508 e. The van der Waals surface area contributed by atoms with Gasteiger partial charge in [0, 0.05) is 11.1 Å². The summed E-state index contributed by atoms with van der Waals surface area (Å²) in [4.78, 5) is 23.1. The van der Waals surface area contributed by atoms with Crippen molar-refractivity contribution in [2.24, 2.45) is 0 Å². The number of carbonyl (C=O) groups is 2. The summed E-state index contributed by atoms with van der Waals surface area (Å²) in [5, 5.41) is 30.5. The first-order valence-corrected chi connectivity index (χ1v) is 6.12. The Labute approximate surface area is 124 Å². The number of aromatic hydroxyl groups is 2. The van der Waals surface area contributed by atoms with Crippen LogP contribution in [0.5, 0.6) is 11.5 Å². The number of benzene rings is 2. The first-order valence-electron chi connectivity index (χ1n) is 5.74. The number of phenols is 2. The summed E-state index contributed by atoms with van der Waals surface area (Å²) in [5.41, 5.74) is -0.234. The van der Waals surface area contributed by atoms with E-state index in [1.807, 2.05) is 0 Å². The Bertz CT molecular complexity index is 729. The predicted octanol–water partition coefficient (Wildman–Crippen LogP) is 2.70. The maximum Gasteiger partial charge on any atom is 0.337 e. The Kier molecular flexibility index (Phi) is 4.00. The molecule has 0 saturated heterocycles. The summed E-state index contributed by atoms with van der Waals surface area (Å²) < 4.78 is 0. The number of halogens is 1. The van der Waals surface area contributed by atoms with Crippen molar-refractivity contribution in [3.05, 3.63) is 52.5 Å². The third-order valence-electron chi connectivity index (χ3n) is 2.69. The van der Waals surface area contributed by atoms with Gasteiger partial charge < -0.3 is 20.6 Å². The standard InChI is InChI=1S/C14H10ClNO5/c15-7-1-3-9(14(20)21)11(5-7)16-13(19)10-4-2-8(17)6-12(10)18/h1-6,17-18H,(H,16,19)(H,20,21). The molecule has 108 valence electrons. The van der Waals surface area contributed by atoms with Crippen LogP contribution in [-0.4, -0.2) is 27.2 Å². The molecule has 0 fully saturated rings. The number of phenolic OH excluding ortho intramolecular Hbond substituents is 2. The van der Waals surface area contributed by atoms with Crippen LogP contribution >= 0.6 is 11.6 Å². The van der Waals surface area contributed by atoms with Crippen LogP contribution in [0.2, 0.25) is 5.02 Å². The van der Waals surface area contributed by atoms with Crippen LogP contribution in [0.15, 0.2) is 36.4 Å². The average molecular weight is 308 g/mol. The van der Waals surface area contributed by atoms with Crippen molar-refractivity contribution in [3.63, 3.8) is 0 Å². The number of carboxylic acids is 1. The van der Waals surface area contributed by atoms with Crippen LogP contribution in [0.1, 0.15) is 20.7 Å². The Hall–Kier alpha value is -2.73. The second-order valence-electron chi connectivity index (χ2n) is 4.15. The van der Waals surface area contributed by atoms with Gasteiger partial charge in [-0.1, -0.05) is 11.6 Å². The SMILES string of the molecule is O=C(Nc1cc(Cl)ccc1C(=O)O)c1ccc(O)cc1O. The van der Waals surface area contributed by atoms with Crippen molar-refractivity contribution >= 4 is 29.2 Å². The molecule has 0 heterocycles. The fraction of sp³-hybridized carbons (Fsp3) is 0. The van der Waals surface area contributed by atoms with E-state index in [9.17, 15) is 19.8 Å². The number of amides is 1. The van der Waals surface area contributed by atoms with E-state index in [1.165, 1.54) is 30.3 Å². The number of carbonyl (C=O) groups excluding carboxylic acids is 1. The normalized spacial score (nSPS) is 10.1. The van der Waals surface area contributed by atoms with Gasteiger partial charge in [0.1, 0.15) is 11.5 Å². The third kappa shape index (κ3) is 3.24. The number of carboxylic acid groups (broad SMARTS) is 1. The van der Waals surface area contributed by atoms with Gasteiger partial charge in [0.05, 0.1) is 16.8 Å². The molecule has 0 aliphatic rings. The maximum absolute atomic E-state index is 12.0. The van der Waals surface area contributed by atoms with Gasteiger partial charge in [0.2, 0.25) is 0 Å². The van der Waals surface area contributed by atoms with Gasteiger partial charge >= 0.3 is 5.97 Å². The summed E-state index contributed by atoms with van der Waals surface area (Å²) >= 11 is 5.78. The number of anilines is 1. The fourth-order valence-corrected chi connectivity index (χ4v) is 1.88. The summed E-state index contributed by atoms with van der Waals surface area (Å²) in [6, 6.07) is 7.39. The van der Waals surface area contributed by atoms with Gasteiger partial charge in [-0.15, -0.1) is 0 Å². The molecule has 2 aromatic carbocycles. The van der Waals surface area contributed by atoms with E-state index in [0.717, 1.165) is 6.07 Å². The zero-order valence-electron chi connectivity index (χ0n) is 10.5. The zero-order chi connectivity index (χ0) is 15.6. The molecule has 2 aromatic rings. The lowest BCUT2D eigenvalue weighted by atomic mass is 10.1. The van der Waals surface area contributed by atoms with Gasteiger partial charge in [-0.05, 0) is 30.3 Å². The molecule has 4 N–H and O–H groups in total. The fourth-order valence-electron chi connectivity index (χ4n) is 1.71. The minimum atomic E-state index is -1.23. The molecule has 0 unspecified atom stereocenters. The number of hydrogen-bond acceptors (Lipinski definition) is 4. The van der Waals surface area contributed by atoms with Crippen molar-refractivity contribution < 1.29 is 24.9 Å². The van der Waals surface area contributed by atoms with Crippen LogP contribution in [0.25, 0.3) is 0 Å². The van der Waals surface area contributed by atoms with Gasteiger partial charge in [-0.25, -0.2) is 4.79 Å². The topological polar surface area (TPSA) is 107 Å². The highest BCUT2D eigenvalue weighted by Gasteiger charge is 2.16. The summed E-state index contributed by atoms with van der Waals surface area (Å²) in [5.74, 6) is -2.57. The molecular weight excluding hydrogens is 298 g/mol. The second kappa shape index (κ2) is 5.72. The first kappa shape index (κ1) is 14.7. The van der Waals surface area contributed by atoms with E-state index < -0.39 is 17.6 Å². The van der Waals surface area contributed by atoms with Crippen molar-refractivity contribution in [3.8, 4) is 11.5 Å². The molecule has 0 aliphatic carbocycles. The van der Waals surface area contributed by atoms with Crippen molar-refractivity contribution in [2.75, 3.05) is 5.32 Å². The number of hydrogen-bond donors (Lipinski definition) is 4. The Morgan fingerprint density at radius 3 is 2.29 bits per heavy atom. The van der Waals surface area contributed by atoms with Crippen molar-refractivity contribution in [1.82, 2.24) is 0 Å². The molecule has 1 amide bonds. The quantitative estimate of drug-likeness (QED) is 0.697. The first-order chi connectivity index (χ1) is 9.88. The van der Waals surface area contributed by atoms with Crippen molar-refractivity contribution in [2.45, 2.75) is 0 Å². The highest BCUT2D eigenvalue weighted by Crippen LogP contribution is 2.26. The maximum atomic E-state index is 12.0. The summed E-state index contributed by atoms with van der Waals surface area (Å²) in [6.07, 6.45) is 0. The highest BCUT2D eigenvalue weighted by atomic mass is 35.5. The predicted molar refractivity (Wildman–Crippen MR) is 76.1 cm³/mol. The lowest BCUT2D eigenvalue weighted by Gasteiger charge is -2.10. The summed E-state index contributed by atoms with van der Waals surface area (Å²) in [7, 11) is 0. The smallest absolute Gasteiger partial charge is 0.337 e. The van der Waals surface area contributed by atoms with Crippen LogP contribution in [-0.2, 0) is 0 Å². The Morgan fingerprint density at radius 2 is 1.67 bits per heavy atom. The lowest BCUT2D eigenvalue weighted by Crippen LogP contribution is -2.15. The average Bonchev–Trinajstić information content (AvgIpc) is 2.37. The molecule has 0 radical (unpaired) electrons. The van der Waals surface area contributed by atoms with E-state index in [1.54, 1.807) is 0 Å². The molecular formula is C14H10ClNO5. The molecule has 2 rings (SSSR count). The molecule has 0 saturated carbocycles. The lowest BCUT2D eigenvalue weighted by molar-refractivity contribution is 0.0698. The monoisotopic (exact) mass is 307 g/mol. The van der Waals surface area contributed by atoms with Crippen LogP contribution in [0.3, 0.4) is 0 Å². The molecule has 0 bridgehead atoms. The van der Waals surface area contributed by atoms with E-state index in [2.05, 4.69) is 5.32 Å². The molecule has 0 spiro atoms. The molecule has 0 atom stereocenters. The second-order valence-corrected chi connectivity index (χ2v) is 4.59. The van der Waals surface area contributed by atoms with Crippen LogP contribution in [0.4, 0.5) is 5.69 Å². The van der Waals surface area contributed by atoms with E-state index in [-0.39, 0.29) is 27.6 Å². The van der Waals surface area contributed by atoms with E-state index in [0.29, 0.717) is 0 Å². The molecule has 6 nitrogen and oxygen atoms in total. The zero-order valence-corrected chi connectivity index (χ0v) is 11.3. The van der Waals surface area contributed by atoms with Gasteiger partial charge in [-0.3, -0.25) is 4.79 Å². The third-order valence-corrected chi connectivity index (χ3v) is 2.92. The number of aromatic carboxylic acids is 1. The van der Waals surface area contributed by atoms with Crippen LogP contribution < -0.4 is 5.32 Å². The van der Waals surface area contributed by atoms with Crippen molar-refractivity contribution in [1.29, 1.82) is 0 Å². The number of rotatable bonds is 3.